The summed E-state index contributed by atoms with van der Waals surface area (Å²) in [7, 11) is 0. The van der Waals surface area contributed by atoms with Crippen LogP contribution in [0.1, 0.15) is 17.9 Å². The Balaban J connectivity index is 2.54. The van der Waals surface area contributed by atoms with Crippen LogP contribution in [0.15, 0.2) is 24.3 Å². The molecule has 0 radical (unpaired) electrons. The Kier molecular flexibility index (Phi) is 5.62. The summed E-state index contributed by atoms with van der Waals surface area (Å²) in [6, 6.07) is 7.08. The van der Waals surface area contributed by atoms with Crippen LogP contribution in [0.25, 0.3) is 0 Å². The summed E-state index contributed by atoms with van der Waals surface area (Å²) < 4.78 is 36.0. The van der Waals surface area contributed by atoms with Crippen LogP contribution >= 0.6 is 23.4 Å². The van der Waals surface area contributed by atoms with E-state index in [4.69, 9.17) is 17.3 Å². The molecule has 2 N–H and O–H groups in total. The first kappa shape index (κ1) is 14.7. The maximum Gasteiger partial charge on any atom is 0.441 e. The average molecular weight is 284 g/mol. The van der Waals surface area contributed by atoms with Gasteiger partial charge in [-0.1, -0.05) is 35.5 Å². The maximum atomic E-state index is 12.0. The molecule has 1 rings (SSSR count). The molecule has 1 atom stereocenters. The van der Waals surface area contributed by atoms with Crippen LogP contribution in [0.3, 0.4) is 0 Å². The molecule has 0 saturated carbocycles. The molecule has 1 aromatic carbocycles. The molecule has 6 heteroatoms. The van der Waals surface area contributed by atoms with Crippen LogP contribution in [-0.2, 0) is 0 Å². The van der Waals surface area contributed by atoms with E-state index in [1.54, 1.807) is 18.2 Å². The fraction of sp³-hybridized carbons (Fsp3) is 0.455. The van der Waals surface area contributed by atoms with E-state index in [-0.39, 0.29) is 23.4 Å². The van der Waals surface area contributed by atoms with E-state index in [9.17, 15) is 13.2 Å². The summed E-state index contributed by atoms with van der Waals surface area (Å²) in [5.74, 6) is -0.0683. The maximum absolute atomic E-state index is 12.0. The first-order valence-corrected chi connectivity index (χ1v) is 6.45. The highest BCUT2D eigenvalue weighted by atomic mass is 35.5. The van der Waals surface area contributed by atoms with Gasteiger partial charge in [0.25, 0.3) is 0 Å². The van der Waals surface area contributed by atoms with Crippen molar-refractivity contribution < 1.29 is 13.2 Å². The molecular weight excluding hydrogens is 271 g/mol. The van der Waals surface area contributed by atoms with E-state index >= 15 is 0 Å². The lowest BCUT2D eigenvalue weighted by Crippen LogP contribution is -2.14. The van der Waals surface area contributed by atoms with E-state index in [1.165, 1.54) is 0 Å². The fourth-order valence-electron chi connectivity index (χ4n) is 1.50. The Morgan fingerprint density at radius 1 is 1.35 bits per heavy atom. The Hall–Kier alpha value is -0.390. The van der Waals surface area contributed by atoms with Crippen LogP contribution in [0.4, 0.5) is 13.2 Å². The third-order valence-corrected chi connectivity index (χ3v) is 3.34. The lowest BCUT2D eigenvalue weighted by molar-refractivity contribution is -0.0328. The number of benzene rings is 1. The van der Waals surface area contributed by atoms with Gasteiger partial charge in [0.15, 0.2) is 0 Å². The Bertz CT molecular complexity index is 357. The molecule has 0 heterocycles. The largest absolute Gasteiger partial charge is 0.441 e. The number of nitrogens with two attached hydrogens (primary N) is 1. The second-order valence-electron chi connectivity index (χ2n) is 3.57. The molecule has 0 fully saturated rings. The van der Waals surface area contributed by atoms with Crippen molar-refractivity contribution in [2.45, 2.75) is 17.8 Å². The minimum absolute atomic E-state index is 0.0118. The van der Waals surface area contributed by atoms with E-state index in [2.05, 4.69) is 0 Å². The number of hydrogen-bond acceptors (Lipinski definition) is 2. The SMILES string of the molecule is NCC(CCSC(F)(F)F)c1cccc(Cl)c1. The standard InChI is InChI=1S/C11H13ClF3NS/c12-10-3-1-2-8(6-10)9(7-16)4-5-17-11(13,14)15/h1-3,6,9H,4-5,7,16H2. The van der Waals surface area contributed by atoms with E-state index < -0.39 is 5.51 Å². The predicted molar refractivity (Wildman–Crippen MR) is 66.4 cm³/mol. The number of rotatable bonds is 5. The second-order valence-corrected chi connectivity index (χ2v) is 5.17. The van der Waals surface area contributed by atoms with Crippen molar-refractivity contribution >= 4 is 23.4 Å². The lowest BCUT2D eigenvalue weighted by atomic mass is 9.97. The van der Waals surface area contributed by atoms with Gasteiger partial charge in [-0.05, 0) is 36.6 Å². The fourth-order valence-corrected chi connectivity index (χ4v) is 2.33. The van der Waals surface area contributed by atoms with Gasteiger partial charge in [0.05, 0.1) is 0 Å². The normalized spacial score (nSPS) is 13.7. The van der Waals surface area contributed by atoms with Gasteiger partial charge < -0.3 is 5.73 Å². The van der Waals surface area contributed by atoms with E-state index in [1.807, 2.05) is 6.07 Å². The van der Waals surface area contributed by atoms with Crippen LogP contribution in [-0.4, -0.2) is 17.8 Å². The minimum Gasteiger partial charge on any atom is -0.330 e. The summed E-state index contributed by atoms with van der Waals surface area (Å²) in [4.78, 5) is 0. The molecule has 1 aromatic rings. The van der Waals surface area contributed by atoms with Crippen LogP contribution in [0.5, 0.6) is 0 Å². The monoisotopic (exact) mass is 283 g/mol. The van der Waals surface area contributed by atoms with Crippen molar-refractivity contribution in [2.24, 2.45) is 5.73 Å². The van der Waals surface area contributed by atoms with Gasteiger partial charge >= 0.3 is 5.51 Å². The van der Waals surface area contributed by atoms with Crippen LogP contribution in [0, 0.1) is 0 Å². The van der Waals surface area contributed by atoms with Crippen molar-refractivity contribution in [1.82, 2.24) is 0 Å². The summed E-state index contributed by atoms with van der Waals surface area (Å²) >= 11 is 5.81. The summed E-state index contributed by atoms with van der Waals surface area (Å²) in [5.41, 5.74) is 2.29. The third-order valence-electron chi connectivity index (χ3n) is 2.34. The van der Waals surface area contributed by atoms with Gasteiger partial charge in [0, 0.05) is 10.8 Å². The molecule has 1 nitrogen and oxygen atoms in total. The highest BCUT2D eigenvalue weighted by Crippen LogP contribution is 2.32. The molecule has 1 unspecified atom stereocenters. The number of halogens is 4. The minimum atomic E-state index is -4.17. The first-order chi connectivity index (χ1) is 7.92. The Morgan fingerprint density at radius 2 is 2.06 bits per heavy atom. The zero-order valence-corrected chi connectivity index (χ0v) is 10.6. The summed E-state index contributed by atoms with van der Waals surface area (Å²) in [6.07, 6.45) is 0.390. The lowest BCUT2D eigenvalue weighted by Gasteiger charge is -2.15. The molecule has 0 saturated heterocycles. The second kappa shape index (κ2) is 6.52. The zero-order chi connectivity index (χ0) is 12.9. The smallest absolute Gasteiger partial charge is 0.330 e. The van der Waals surface area contributed by atoms with Gasteiger partial charge in [-0.2, -0.15) is 13.2 Å². The predicted octanol–water partition coefficient (Wildman–Crippen LogP) is 4.03. The highest BCUT2D eigenvalue weighted by molar-refractivity contribution is 8.00. The molecule has 96 valence electrons. The number of hydrogen-bond donors (Lipinski definition) is 1. The first-order valence-electron chi connectivity index (χ1n) is 5.08. The number of thioether (sulfide) groups is 1. The van der Waals surface area contributed by atoms with Crippen molar-refractivity contribution in [2.75, 3.05) is 12.3 Å². The van der Waals surface area contributed by atoms with E-state index in [0.717, 1.165) is 5.56 Å². The Labute approximate surface area is 108 Å². The molecule has 0 aliphatic rings. The molecule has 17 heavy (non-hydrogen) atoms. The third kappa shape index (κ3) is 5.66. The van der Waals surface area contributed by atoms with Crippen molar-refractivity contribution in [3.8, 4) is 0 Å². The highest BCUT2D eigenvalue weighted by Gasteiger charge is 2.28. The van der Waals surface area contributed by atoms with Crippen molar-refractivity contribution in [3.63, 3.8) is 0 Å². The van der Waals surface area contributed by atoms with Gasteiger partial charge in [-0.3, -0.25) is 0 Å². The number of alkyl halides is 3. The summed E-state index contributed by atoms with van der Waals surface area (Å²) in [6.45, 7) is 0.318. The van der Waals surface area contributed by atoms with E-state index in [0.29, 0.717) is 18.0 Å². The molecular formula is C11H13ClF3NS. The topological polar surface area (TPSA) is 26.0 Å². The van der Waals surface area contributed by atoms with Gasteiger partial charge in [-0.15, -0.1) is 0 Å². The van der Waals surface area contributed by atoms with Crippen molar-refractivity contribution in [3.05, 3.63) is 34.9 Å². The molecule has 0 amide bonds. The molecule has 0 spiro atoms. The van der Waals surface area contributed by atoms with Gasteiger partial charge in [0.2, 0.25) is 0 Å². The quantitative estimate of drug-likeness (QED) is 0.883. The molecule has 0 aliphatic carbocycles. The average Bonchev–Trinajstić information content (AvgIpc) is 2.23. The summed E-state index contributed by atoms with van der Waals surface area (Å²) in [5, 5.41) is 0.574. The van der Waals surface area contributed by atoms with Gasteiger partial charge in [0.1, 0.15) is 0 Å². The molecule has 0 aliphatic heterocycles. The molecule has 0 bridgehead atoms. The van der Waals surface area contributed by atoms with Crippen LogP contribution in [0.2, 0.25) is 5.02 Å². The molecule has 0 aromatic heterocycles. The van der Waals surface area contributed by atoms with Crippen LogP contribution < -0.4 is 5.73 Å². The zero-order valence-electron chi connectivity index (χ0n) is 9.01. The van der Waals surface area contributed by atoms with Gasteiger partial charge in [-0.25, -0.2) is 0 Å². The Morgan fingerprint density at radius 3 is 2.59 bits per heavy atom. The van der Waals surface area contributed by atoms with Crippen molar-refractivity contribution in [1.29, 1.82) is 0 Å².